The van der Waals surface area contributed by atoms with E-state index in [4.69, 9.17) is 9.16 Å². The number of carbonyl (C=O) groups excluding carboxylic acids is 1. The highest BCUT2D eigenvalue weighted by molar-refractivity contribution is 8.01. The molecule has 0 N–H and O–H groups in total. The van der Waals surface area contributed by atoms with Gasteiger partial charge in [0, 0.05) is 17.9 Å². The minimum atomic E-state index is -1.69. The van der Waals surface area contributed by atoms with Gasteiger partial charge in [0.2, 0.25) is 0 Å². The van der Waals surface area contributed by atoms with Crippen molar-refractivity contribution in [1.82, 2.24) is 0 Å². The number of rotatable bonds is 8. The number of hydrogen-bond acceptors (Lipinski definition) is 4. The molecule has 1 unspecified atom stereocenters. The summed E-state index contributed by atoms with van der Waals surface area (Å²) in [5.41, 5.74) is 0. The topological polar surface area (TPSA) is 35.5 Å². The first-order chi connectivity index (χ1) is 12.1. The van der Waals surface area contributed by atoms with E-state index in [9.17, 15) is 4.79 Å². The molecule has 0 radical (unpaired) electrons. The number of ether oxygens (including phenoxy) is 1. The predicted molar refractivity (Wildman–Crippen MR) is 112 cm³/mol. The smallest absolute Gasteiger partial charge is 0.322 e. The molecule has 5 heteroatoms. The molecule has 146 valence electrons. The zero-order valence-corrected chi connectivity index (χ0v) is 18.9. The first-order valence-electron chi connectivity index (χ1n) is 9.65. The van der Waals surface area contributed by atoms with Crippen molar-refractivity contribution in [2.24, 2.45) is 0 Å². The first-order valence-corrected chi connectivity index (χ1v) is 13.4. The summed E-state index contributed by atoms with van der Waals surface area (Å²) in [5, 5.41) is 0.238. The lowest BCUT2D eigenvalue weighted by Gasteiger charge is -2.36. The van der Waals surface area contributed by atoms with Crippen LogP contribution in [0.25, 0.3) is 0 Å². The van der Waals surface area contributed by atoms with Crippen LogP contribution in [-0.4, -0.2) is 31.7 Å². The lowest BCUT2D eigenvalue weighted by Crippen LogP contribution is -2.41. The molecule has 26 heavy (non-hydrogen) atoms. The molecule has 0 aromatic heterocycles. The molecule has 0 amide bonds. The lowest BCUT2D eigenvalue weighted by atomic mass is 9.97. The van der Waals surface area contributed by atoms with Crippen molar-refractivity contribution in [3.05, 3.63) is 30.3 Å². The Kier molecular flexibility index (Phi) is 7.02. The summed E-state index contributed by atoms with van der Waals surface area (Å²) < 4.78 is 11.3. The molecule has 1 aromatic carbocycles. The van der Waals surface area contributed by atoms with Crippen molar-refractivity contribution in [1.29, 1.82) is 0 Å². The fourth-order valence-corrected chi connectivity index (χ4v) is 5.52. The summed E-state index contributed by atoms with van der Waals surface area (Å²) in [6, 6.07) is 10.2. The van der Waals surface area contributed by atoms with Gasteiger partial charge in [-0.3, -0.25) is 4.79 Å². The summed E-state index contributed by atoms with van der Waals surface area (Å²) in [5.74, 6) is -0.0517. The summed E-state index contributed by atoms with van der Waals surface area (Å²) in [4.78, 5) is 13.7. The fourth-order valence-electron chi connectivity index (χ4n) is 2.99. The third-order valence-electron chi connectivity index (χ3n) is 5.60. The van der Waals surface area contributed by atoms with Gasteiger partial charge in [0.15, 0.2) is 8.32 Å². The zero-order chi connectivity index (χ0) is 19.4. The minimum Gasteiger partial charge on any atom is -0.462 e. The molecule has 1 heterocycles. The normalized spacial score (nSPS) is 23.9. The number of benzene rings is 1. The molecule has 0 aliphatic carbocycles. The summed E-state index contributed by atoms with van der Waals surface area (Å²) >= 11 is 1.67. The minimum absolute atomic E-state index is 0.00203. The van der Waals surface area contributed by atoms with Gasteiger partial charge < -0.3 is 9.16 Å². The third-order valence-corrected chi connectivity index (χ3v) is 11.6. The van der Waals surface area contributed by atoms with Crippen molar-refractivity contribution < 1.29 is 14.0 Å². The van der Waals surface area contributed by atoms with E-state index in [1.165, 1.54) is 0 Å². The molecule has 1 aliphatic rings. The number of cyclic esters (lactones) is 1. The van der Waals surface area contributed by atoms with E-state index in [0.29, 0.717) is 0 Å². The number of carbonyl (C=O) groups is 1. The molecule has 1 saturated heterocycles. The van der Waals surface area contributed by atoms with Crippen LogP contribution in [-0.2, 0) is 14.0 Å². The van der Waals surface area contributed by atoms with E-state index in [2.05, 4.69) is 46.0 Å². The van der Waals surface area contributed by atoms with Crippen LogP contribution in [0.15, 0.2) is 35.2 Å². The van der Waals surface area contributed by atoms with Crippen LogP contribution < -0.4 is 0 Å². The molecule has 1 fully saturated rings. The average Bonchev–Trinajstić information content (AvgIpc) is 2.80. The van der Waals surface area contributed by atoms with Gasteiger partial charge in [-0.2, -0.15) is 0 Å². The van der Waals surface area contributed by atoms with E-state index in [1.807, 2.05) is 25.1 Å². The molecule has 2 atom stereocenters. The van der Waals surface area contributed by atoms with E-state index in [0.717, 1.165) is 37.2 Å². The Morgan fingerprint density at radius 1 is 1.23 bits per heavy atom. The van der Waals surface area contributed by atoms with E-state index in [1.54, 1.807) is 11.8 Å². The quantitative estimate of drug-likeness (QED) is 0.306. The maximum absolute atomic E-state index is 12.6. The van der Waals surface area contributed by atoms with Gasteiger partial charge >= 0.3 is 5.97 Å². The van der Waals surface area contributed by atoms with Crippen LogP contribution in [0.2, 0.25) is 18.1 Å². The third kappa shape index (κ3) is 5.36. The highest BCUT2D eigenvalue weighted by Gasteiger charge is 2.48. The fraction of sp³-hybridized carbons (Fsp3) is 0.667. The van der Waals surface area contributed by atoms with Gasteiger partial charge in [0.05, 0.1) is 0 Å². The zero-order valence-electron chi connectivity index (χ0n) is 17.1. The second kappa shape index (κ2) is 8.49. The summed E-state index contributed by atoms with van der Waals surface area (Å²) in [6.07, 6.45) is 3.61. The second-order valence-corrected chi connectivity index (χ2v) is 15.2. The molecule has 2 rings (SSSR count). The highest BCUT2D eigenvalue weighted by atomic mass is 32.2. The maximum Gasteiger partial charge on any atom is 0.322 e. The van der Waals surface area contributed by atoms with Crippen LogP contribution in [0, 0.1) is 0 Å². The van der Waals surface area contributed by atoms with Crippen LogP contribution in [0.5, 0.6) is 0 Å². The highest BCUT2D eigenvalue weighted by Crippen LogP contribution is 2.46. The van der Waals surface area contributed by atoms with Crippen molar-refractivity contribution in [2.75, 3.05) is 6.61 Å². The predicted octanol–water partition coefficient (Wildman–Crippen LogP) is 6.05. The summed E-state index contributed by atoms with van der Waals surface area (Å²) in [7, 11) is -1.69. The Morgan fingerprint density at radius 2 is 1.88 bits per heavy atom. The Bertz CT molecular complexity index is 597. The number of unbranched alkanes of at least 4 members (excludes halogenated alkanes) is 1. The van der Waals surface area contributed by atoms with Gasteiger partial charge in [0.1, 0.15) is 10.9 Å². The van der Waals surface area contributed by atoms with E-state index < -0.39 is 13.1 Å². The first kappa shape index (κ1) is 21.5. The van der Waals surface area contributed by atoms with Crippen LogP contribution in [0.4, 0.5) is 0 Å². The van der Waals surface area contributed by atoms with Gasteiger partial charge in [-0.05, 0) is 56.5 Å². The second-order valence-electron chi connectivity index (χ2n) is 8.90. The number of thioether (sulfide) groups is 1. The molecule has 3 nitrogen and oxygen atoms in total. The van der Waals surface area contributed by atoms with Crippen LogP contribution in [0.3, 0.4) is 0 Å². The standard InChI is InChI=1S/C21H34O3SSi/c1-17-16-21(19(22)24-17,25-18-12-8-7-9-13-18)14-10-11-15-23-26(5,6)20(2,3)4/h7-9,12-13,17H,10-11,14-16H2,1-6H3/t17-,21?/m0/s1. The van der Waals surface area contributed by atoms with Crippen LogP contribution >= 0.6 is 11.8 Å². The molecule has 0 bridgehead atoms. The molecular weight excluding hydrogens is 360 g/mol. The molecule has 1 aromatic rings. The Balaban J connectivity index is 1.91. The SMILES string of the molecule is C[C@H]1CC(CCCCO[Si](C)(C)C(C)(C)C)(Sc2ccccc2)C(=O)O1. The van der Waals surface area contributed by atoms with Crippen molar-refractivity contribution in [3.63, 3.8) is 0 Å². The van der Waals surface area contributed by atoms with Crippen molar-refractivity contribution in [3.8, 4) is 0 Å². The van der Waals surface area contributed by atoms with Gasteiger partial charge in [-0.1, -0.05) is 39.0 Å². The molecule has 0 saturated carbocycles. The Labute approximate surface area is 164 Å². The number of esters is 1. The Hall–Kier alpha value is -0.783. The largest absolute Gasteiger partial charge is 0.462 e. The monoisotopic (exact) mass is 394 g/mol. The molecule has 1 aliphatic heterocycles. The van der Waals surface area contributed by atoms with E-state index >= 15 is 0 Å². The van der Waals surface area contributed by atoms with Gasteiger partial charge in [-0.15, -0.1) is 11.8 Å². The van der Waals surface area contributed by atoms with Crippen LogP contribution in [0.1, 0.15) is 53.4 Å². The van der Waals surface area contributed by atoms with Gasteiger partial charge in [-0.25, -0.2) is 0 Å². The molecule has 0 spiro atoms. The lowest BCUT2D eigenvalue weighted by molar-refractivity contribution is -0.142. The summed E-state index contributed by atoms with van der Waals surface area (Å²) in [6.45, 7) is 14.1. The number of hydrogen-bond donors (Lipinski definition) is 0. The maximum atomic E-state index is 12.6. The average molecular weight is 395 g/mol. The molecular formula is C21H34O3SSi. The Morgan fingerprint density at radius 3 is 2.42 bits per heavy atom. The van der Waals surface area contributed by atoms with Crippen molar-refractivity contribution >= 4 is 26.0 Å². The van der Waals surface area contributed by atoms with Gasteiger partial charge in [0.25, 0.3) is 0 Å². The van der Waals surface area contributed by atoms with Crippen molar-refractivity contribution in [2.45, 2.75) is 87.3 Å². The van der Waals surface area contributed by atoms with E-state index in [-0.39, 0.29) is 17.1 Å².